The standard InChI is InChI=1S/C16H22N4O2/c1-4-17-16(21)14-9-12-13(5-6-18-15(12)19(14)3)20-7-8-22-10-11(20)2/h5-6,9,11H,4,7-8,10H2,1-3H3,(H,17,21). The molecule has 1 fully saturated rings. The van der Waals surface area contributed by atoms with Crippen LogP contribution < -0.4 is 10.2 Å². The Labute approximate surface area is 130 Å². The van der Waals surface area contributed by atoms with Crippen LogP contribution >= 0.6 is 0 Å². The summed E-state index contributed by atoms with van der Waals surface area (Å²) in [4.78, 5) is 19.0. The summed E-state index contributed by atoms with van der Waals surface area (Å²) in [6.45, 7) is 6.98. The molecule has 0 spiro atoms. The smallest absolute Gasteiger partial charge is 0.267 e. The summed E-state index contributed by atoms with van der Waals surface area (Å²) in [5.41, 5.74) is 2.59. The number of ether oxygens (including phenoxy) is 1. The van der Waals surface area contributed by atoms with Gasteiger partial charge < -0.3 is 19.5 Å². The quantitative estimate of drug-likeness (QED) is 0.934. The molecule has 1 atom stereocenters. The number of carbonyl (C=O) groups is 1. The van der Waals surface area contributed by atoms with Crippen molar-refractivity contribution in [3.63, 3.8) is 0 Å². The van der Waals surface area contributed by atoms with E-state index in [9.17, 15) is 4.79 Å². The predicted molar refractivity (Wildman–Crippen MR) is 86.3 cm³/mol. The highest BCUT2D eigenvalue weighted by molar-refractivity contribution is 6.01. The normalized spacial score (nSPS) is 18.7. The van der Waals surface area contributed by atoms with E-state index < -0.39 is 0 Å². The third kappa shape index (κ3) is 2.43. The Morgan fingerprint density at radius 2 is 2.36 bits per heavy atom. The number of nitrogens with one attached hydrogen (secondary N) is 1. The van der Waals surface area contributed by atoms with Crippen LogP contribution in [0.2, 0.25) is 0 Å². The van der Waals surface area contributed by atoms with E-state index in [2.05, 4.69) is 22.1 Å². The Morgan fingerprint density at radius 3 is 3.09 bits per heavy atom. The number of morpholine rings is 1. The molecule has 6 heteroatoms. The van der Waals surface area contributed by atoms with Crippen molar-refractivity contribution in [2.75, 3.05) is 31.2 Å². The highest BCUT2D eigenvalue weighted by Crippen LogP contribution is 2.30. The van der Waals surface area contributed by atoms with Crippen molar-refractivity contribution in [2.45, 2.75) is 19.9 Å². The molecule has 2 aromatic heterocycles. The molecule has 1 unspecified atom stereocenters. The first kappa shape index (κ1) is 14.8. The minimum Gasteiger partial charge on any atom is -0.377 e. The highest BCUT2D eigenvalue weighted by Gasteiger charge is 2.23. The van der Waals surface area contributed by atoms with E-state index in [-0.39, 0.29) is 5.91 Å². The summed E-state index contributed by atoms with van der Waals surface area (Å²) < 4.78 is 7.37. The maximum atomic E-state index is 12.2. The average Bonchev–Trinajstić information content (AvgIpc) is 2.86. The first-order chi connectivity index (χ1) is 10.6. The Bertz CT molecular complexity index is 695. The van der Waals surface area contributed by atoms with Gasteiger partial charge in [0.15, 0.2) is 0 Å². The molecular formula is C16H22N4O2. The highest BCUT2D eigenvalue weighted by atomic mass is 16.5. The van der Waals surface area contributed by atoms with Gasteiger partial charge in [-0.05, 0) is 26.0 Å². The molecule has 6 nitrogen and oxygen atoms in total. The first-order valence-electron chi connectivity index (χ1n) is 7.70. The average molecular weight is 302 g/mol. The molecule has 1 aliphatic rings. The molecular weight excluding hydrogens is 280 g/mol. The molecule has 0 radical (unpaired) electrons. The van der Waals surface area contributed by atoms with Crippen LogP contribution in [-0.4, -0.2) is 47.8 Å². The molecule has 118 valence electrons. The lowest BCUT2D eigenvalue weighted by molar-refractivity contribution is 0.0948. The van der Waals surface area contributed by atoms with E-state index in [0.29, 0.717) is 18.3 Å². The minimum absolute atomic E-state index is 0.0658. The lowest BCUT2D eigenvalue weighted by Crippen LogP contribution is -2.43. The van der Waals surface area contributed by atoms with E-state index in [0.717, 1.165) is 36.5 Å². The van der Waals surface area contributed by atoms with Gasteiger partial charge in [-0.2, -0.15) is 0 Å². The molecule has 1 aliphatic heterocycles. The van der Waals surface area contributed by atoms with Crippen molar-refractivity contribution in [2.24, 2.45) is 7.05 Å². The van der Waals surface area contributed by atoms with Crippen molar-refractivity contribution in [3.05, 3.63) is 24.0 Å². The van der Waals surface area contributed by atoms with Gasteiger partial charge in [-0.25, -0.2) is 4.98 Å². The van der Waals surface area contributed by atoms with Gasteiger partial charge in [0.2, 0.25) is 0 Å². The van der Waals surface area contributed by atoms with Crippen molar-refractivity contribution < 1.29 is 9.53 Å². The van der Waals surface area contributed by atoms with Gasteiger partial charge >= 0.3 is 0 Å². The zero-order valence-electron chi connectivity index (χ0n) is 13.3. The Hall–Kier alpha value is -2.08. The molecule has 0 aromatic carbocycles. The largest absolute Gasteiger partial charge is 0.377 e. The second-order valence-corrected chi connectivity index (χ2v) is 5.63. The second kappa shape index (κ2) is 5.96. The molecule has 0 bridgehead atoms. The summed E-state index contributed by atoms with van der Waals surface area (Å²) in [5, 5.41) is 3.86. The van der Waals surface area contributed by atoms with Crippen molar-refractivity contribution in [1.29, 1.82) is 0 Å². The molecule has 0 aliphatic carbocycles. The van der Waals surface area contributed by atoms with E-state index in [1.54, 1.807) is 6.20 Å². The number of pyridine rings is 1. The SMILES string of the molecule is CCNC(=O)c1cc2c(N3CCOCC3C)ccnc2n1C. The van der Waals surface area contributed by atoms with Crippen LogP contribution in [0.3, 0.4) is 0 Å². The van der Waals surface area contributed by atoms with E-state index in [1.165, 1.54) is 0 Å². The number of aromatic nitrogens is 2. The fourth-order valence-corrected chi connectivity index (χ4v) is 3.01. The Kier molecular flexibility index (Phi) is 4.02. The molecule has 1 saturated heterocycles. The number of hydrogen-bond acceptors (Lipinski definition) is 4. The molecule has 1 amide bonds. The van der Waals surface area contributed by atoms with Crippen LogP contribution in [0.15, 0.2) is 18.3 Å². The lowest BCUT2D eigenvalue weighted by atomic mass is 10.2. The van der Waals surface area contributed by atoms with Gasteiger partial charge in [-0.1, -0.05) is 0 Å². The molecule has 3 heterocycles. The number of carbonyl (C=O) groups excluding carboxylic acids is 1. The Balaban J connectivity index is 2.08. The number of anilines is 1. The predicted octanol–water partition coefficient (Wildman–Crippen LogP) is 1.55. The molecule has 22 heavy (non-hydrogen) atoms. The summed E-state index contributed by atoms with van der Waals surface area (Å²) >= 11 is 0. The van der Waals surface area contributed by atoms with Crippen LogP contribution in [0, 0.1) is 0 Å². The fourth-order valence-electron chi connectivity index (χ4n) is 3.01. The van der Waals surface area contributed by atoms with Crippen LogP contribution in [0.25, 0.3) is 11.0 Å². The molecule has 3 rings (SSSR count). The van der Waals surface area contributed by atoms with Crippen molar-refractivity contribution in [3.8, 4) is 0 Å². The minimum atomic E-state index is -0.0658. The topological polar surface area (TPSA) is 59.4 Å². The number of fused-ring (bicyclic) bond motifs is 1. The maximum absolute atomic E-state index is 12.2. The summed E-state index contributed by atoms with van der Waals surface area (Å²) in [7, 11) is 1.88. The van der Waals surface area contributed by atoms with Crippen molar-refractivity contribution >= 4 is 22.6 Å². The fraction of sp³-hybridized carbons (Fsp3) is 0.500. The van der Waals surface area contributed by atoms with E-state index in [4.69, 9.17) is 4.74 Å². The van der Waals surface area contributed by atoms with Gasteiger partial charge in [0, 0.05) is 43.4 Å². The number of amides is 1. The van der Waals surface area contributed by atoms with Crippen LogP contribution in [0.1, 0.15) is 24.3 Å². The number of rotatable bonds is 3. The zero-order chi connectivity index (χ0) is 15.7. The van der Waals surface area contributed by atoms with Crippen LogP contribution in [0.5, 0.6) is 0 Å². The monoisotopic (exact) mass is 302 g/mol. The molecule has 1 N–H and O–H groups in total. The summed E-state index contributed by atoms with van der Waals surface area (Å²) in [5.74, 6) is -0.0658. The number of hydrogen-bond donors (Lipinski definition) is 1. The third-order valence-corrected chi connectivity index (χ3v) is 4.15. The second-order valence-electron chi connectivity index (χ2n) is 5.63. The number of aryl methyl sites for hydroxylation is 1. The summed E-state index contributed by atoms with van der Waals surface area (Å²) in [6, 6.07) is 4.27. The molecule has 0 saturated carbocycles. The van der Waals surface area contributed by atoms with Gasteiger partial charge in [0.05, 0.1) is 13.2 Å². The van der Waals surface area contributed by atoms with Crippen molar-refractivity contribution in [1.82, 2.24) is 14.9 Å². The Morgan fingerprint density at radius 1 is 1.55 bits per heavy atom. The molecule has 2 aromatic rings. The summed E-state index contributed by atoms with van der Waals surface area (Å²) in [6.07, 6.45) is 1.81. The van der Waals surface area contributed by atoms with Gasteiger partial charge in [0.1, 0.15) is 11.3 Å². The number of nitrogens with zero attached hydrogens (tertiary/aromatic N) is 3. The van der Waals surface area contributed by atoms with E-state index >= 15 is 0 Å². The van der Waals surface area contributed by atoms with Gasteiger partial charge in [0.25, 0.3) is 5.91 Å². The maximum Gasteiger partial charge on any atom is 0.267 e. The van der Waals surface area contributed by atoms with Crippen LogP contribution in [0.4, 0.5) is 5.69 Å². The zero-order valence-corrected chi connectivity index (χ0v) is 13.3. The van der Waals surface area contributed by atoms with Crippen LogP contribution in [-0.2, 0) is 11.8 Å². The van der Waals surface area contributed by atoms with Gasteiger partial charge in [-0.3, -0.25) is 4.79 Å². The lowest BCUT2D eigenvalue weighted by Gasteiger charge is -2.35. The third-order valence-electron chi connectivity index (χ3n) is 4.15. The first-order valence-corrected chi connectivity index (χ1v) is 7.70. The van der Waals surface area contributed by atoms with Gasteiger partial charge in [-0.15, -0.1) is 0 Å². The van der Waals surface area contributed by atoms with E-state index in [1.807, 2.05) is 30.7 Å².